The zero-order valence-electron chi connectivity index (χ0n) is 15.2. The summed E-state index contributed by atoms with van der Waals surface area (Å²) in [6.45, 7) is 3.56. The molecule has 1 amide bonds. The summed E-state index contributed by atoms with van der Waals surface area (Å²) in [5.41, 5.74) is 2.88. The number of hydrogen-bond acceptors (Lipinski definition) is 3. The Kier molecular flexibility index (Phi) is 4.58. The van der Waals surface area contributed by atoms with E-state index in [0.29, 0.717) is 24.5 Å². The monoisotopic (exact) mass is 351 g/mol. The number of aryl methyl sites for hydroxylation is 1. The maximum atomic E-state index is 12.6. The van der Waals surface area contributed by atoms with Crippen molar-refractivity contribution in [3.63, 3.8) is 0 Å². The fourth-order valence-corrected chi connectivity index (χ4v) is 3.19. The van der Waals surface area contributed by atoms with Crippen LogP contribution in [0.2, 0.25) is 0 Å². The summed E-state index contributed by atoms with van der Waals surface area (Å²) >= 11 is 0. The van der Waals surface area contributed by atoms with E-state index in [4.69, 9.17) is 9.47 Å². The predicted octanol–water partition coefficient (Wildman–Crippen LogP) is 4.83. The van der Waals surface area contributed by atoms with Crippen LogP contribution < -0.4 is 14.8 Å². The average Bonchev–Trinajstić information content (AvgIpc) is 3.47. The number of fused-ring (bicyclic) bond motifs is 1. The molecule has 2 aliphatic rings. The smallest absolute Gasteiger partial charge is 0.255 e. The van der Waals surface area contributed by atoms with Crippen LogP contribution in [0.5, 0.6) is 11.5 Å². The number of hydrogen-bond donors (Lipinski definition) is 1. The van der Waals surface area contributed by atoms with Crippen LogP contribution in [0.15, 0.2) is 42.5 Å². The number of benzene rings is 2. The minimum absolute atomic E-state index is 0.136. The number of anilines is 1. The topological polar surface area (TPSA) is 47.6 Å². The van der Waals surface area contributed by atoms with Crippen molar-refractivity contribution in [3.05, 3.63) is 53.6 Å². The van der Waals surface area contributed by atoms with E-state index < -0.39 is 0 Å². The van der Waals surface area contributed by atoms with Crippen molar-refractivity contribution in [3.8, 4) is 11.5 Å². The van der Waals surface area contributed by atoms with Crippen LogP contribution in [-0.4, -0.2) is 19.1 Å². The molecule has 4 rings (SSSR count). The lowest BCUT2D eigenvalue weighted by atomic mass is 10.1. The molecule has 0 unspecified atom stereocenters. The highest BCUT2D eigenvalue weighted by molar-refractivity contribution is 6.04. The van der Waals surface area contributed by atoms with Gasteiger partial charge in [0.25, 0.3) is 5.91 Å². The van der Waals surface area contributed by atoms with Crippen LogP contribution in [0.3, 0.4) is 0 Å². The van der Waals surface area contributed by atoms with Crippen molar-refractivity contribution < 1.29 is 14.3 Å². The molecule has 136 valence electrons. The highest BCUT2D eigenvalue weighted by Crippen LogP contribution is 2.49. The van der Waals surface area contributed by atoms with Gasteiger partial charge in [-0.25, -0.2) is 0 Å². The van der Waals surface area contributed by atoms with E-state index in [1.54, 1.807) is 12.1 Å². The summed E-state index contributed by atoms with van der Waals surface area (Å²) in [5.74, 6) is 1.25. The molecule has 2 aromatic rings. The first-order chi connectivity index (χ1) is 12.7. The van der Waals surface area contributed by atoms with Crippen molar-refractivity contribution >= 4 is 11.6 Å². The first kappa shape index (κ1) is 17.0. The summed E-state index contributed by atoms with van der Waals surface area (Å²) in [6.07, 6.45) is 5.76. The molecular formula is C22H25NO3. The third-order valence-corrected chi connectivity index (χ3v) is 5.26. The summed E-state index contributed by atoms with van der Waals surface area (Å²) < 4.78 is 11.8. The van der Waals surface area contributed by atoms with E-state index in [0.717, 1.165) is 30.7 Å². The van der Waals surface area contributed by atoms with Gasteiger partial charge in [-0.1, -0.05) is 25.5 Å². The van der Waals surface area contributed by atoms with Crippen molar-refractivity contribution in [2.24, 2.45) is 5.41 Å². The molecular weight excluding hydrogens is 326 g/mol. The lowest BCUT2D eigenvalue weighted by Crippen LogP contribution is -2.17. The molecule has 0 saturated heterocycles. The molecule has 26 heavy (non-hydrogen) atoms. The average molecular weight is 351 g/mol. The van der Waals surface area contributed by atoms with Crippen molar-refractivity contribution in [1.29, 1.82) is 0 Å². The minimum Gasteiger partial charge on any atom is -0.489 e. The molecule has 1 aliphatic heterocycles. The van der Waals surface area contributed by atoms with Crippen molar-refractivity contribution in [1.82, 2.24) is 0 Å². The second kappa shape index (κ2) is 7.02. The molecule has 4 heteroatoms. The number of carbonyl (C=O) groups excluding carboxylic acids is 1. The van der Waals surface area contributed by atoms with Crippen LogP contribution in [-0.2, 0) is 6.42 Å². The molecule has 0 bridgehead atoms. The van der Waals surface area contributed by atoms with E-state index >= 15 is 0 Å². The van der Waals surface area contributed by atoms with Crippen LogP contribution >= 0.6 is 0 Å². The Morgan fingerprint density at radius 3 is 2.46 bits per heavy atom. The van der Waals surface area contributed by atoms with Crippen LogP contribution in [0, 0.1) is 5.41 Å². The fourth-order valence-electron chi connectivity index (χ4n) is 3.19. The third kappa shape index (κ3) is 3.69. The van der Waals surface area contributed by atoms with Crippen molar-refractivity contribution in [2.45, 2.75) is 39.0 Å². The maximum absolute atomic E-state index is 12.6. The molecule has 1 heterocycles. The zero-order chi connectivity index (χ0) is 18.0. The Labute approximate surface area is 154 Å². The second-order valence-electron chi connectivity index (χ2n) is 7.49. The second-order valence-corrected chi connectivity index (χ2v) is 7.49. The Bertz CT molecular complexity index is 794. The predicted molar refractivity (Wildman–Crippen MR) is 102 cm³/mol. The molecule has 1 fully saturated rings. The van der Waals surface area contributed by atoms with Gasteiger partial charge in [-0.2, -0.15) is 0 Å². The molecule has 1 aliphatic carbocycles. The van der Waals surface area contributed by atoms with Gasteiger partial charge >= 0.3 is 0 Å². The highest BCUT2D eigenvalue weighted by atomic mass is 16.5. The summed E-state index contributed by atoms with van der Waals surface area (Å²) in [7, 11) is 0. The number of ether oxygens (including phenoxy) is 2. The number of amides is 1. The van der Waals surface area contributed by atoms with E-state index in [9.17, 15) is 4.79 Å². The standard InChI is InChI=1S/C22H25NO3/c1-2-3-4-16-5-8-18(9-6-16)23-21(24)17-7-10-19-20(13-17)26-15-22(11-12-22)14-25-19/h5-10,13H,2-4,11-12,14-15H2,1H3,(H,23,24). The van der Waals surface area contributed by atoms with Gasteiger partial charge in [-0.15, -0.1) is 0 Å². The molecule has 4 nitrogen and oxygen atoms in total. The van der Waals surface area contributed by atoms with Crippen molar-refractivity contribution in [2.75, 3.05) is 18.5 Å². The van der Waals surface area contributed by atoms with Gasteiger partial charge in [0.2, 0.25) is 0 Å². The largest absolute Gasteiger partial charge is 0.489 e. The van der Waals surface area contributed by atoms with E-state index in [-0.39, 0.29) is 11.3 Å². The summed E-state index contributed by atoms with van der Waals surface area (Å²) in [5, 5.41) is 2.96. The van der Waals surface area contributed by atoms with E-state index in [1.165, 1.54) is 18.4 Å². The first-order valence-electron chi connectivity index (χ1n) is 9.47. The number of nitrogens with one attached hydrogen (secondary N) is 1. The third-order valence-electron chi connectivity index (χ3n) is 5.26. The number of carbonyl (C=O) groups is 1. The fraction of sp³-hybridized carbons (Fsp3) is 0.409. The van der Waals surface area contributed by atoms with Gasteiger partial charge in [-0.3, -0.25) is 4.79 Å². The van der Waals surface area contributed by atoms with Gasteiger partial charge in [0.1, 0.15) is 0 Å². The molecule has 0 radical (unpaired) electrons. The normalized spacial score (nSPS) is 16.8. The Hall–Kier alpha value is -2.49. The van der Waals surface area contributed by atoms with E-state index in [2.05, 4.69) is 24.4 Å². The lowest BCUT2D eigenvalue weighted by molar-refractivity contribution is 0.102. The molecule has 2 aromatic carbocycles. The Morgan fingerprint density at radius 2 is 1.77 bits per heavy atom. The summed E-state index contributed by atoms with van der Waals surface area (Å²) in [6, 6.07) is 13.5. The van der Waals surface area contributed by atoms with Gasteiger partial charge in [0, 0.05) is 16.7 Å². The van der Waals surface area contributed by atoms with Gasteiger partial charge in [-0.05, 0) is 61.6 Å². The lowest BCUT2D eigenvalue weighted by Gasteiger charge is -2.10. The highest BCUT2D eigenvalue weighted by Gasteiger charge is 2.46. The molecule has 0 atom stereocenters. The molecule has 1 N–H and O–H groups in total. The Morgan fingerprint density at radius 1 is 1.04 bits per heavy atom. The quantitative estimate of drug-likeness (QED) is 0.839. The molecule has 1 spiro atoms. The Balaban J connectivity index is 1.43. The minimum atomic E-state index is -0.136. The number of unbranched alkanes of at least 4 members (excludes halogenated alkanes) is 1. The van der Waals surface area contributed by atoms with Crippen LogP contribution in [0.4, 0.5) is 5.69 Å². The van der Waals surface area contributed by atoms with Gasteiger partial charge < -0.3 is 14.8 Å². The SMILES string of the molecule is CCCCc1ccc(NC(=O)c2ccc3c(c2)OCC2(CC2)CO3)cc1. The molecule has 1 saturated carbocycles. The summed E-state index contributed by atoms with van der Waals surface area (Å²) in [4.78, 5) is 12.6. The zero-order valence-corrected chi connectivity index (χ0v) is 15.2. The van der Waals surface area contributed by atoms with E-state index in [1.807, 2.05) is 18.2 Å². The first-order valence-corrected chi connectivity index (χ1v) is 9.47. The van der Waals surface area contributed by atoms with Gasteiger partial charge in [0.05, 0.1) is 13.2 Å². The number of rotatable bonds is 5. The van der Waals surface area contributed by atoms with Crippen LogP contribution in [0.25, 0.3) is 0 Å². The van der Waals surface area contributed by atoms with Crippen LogP contribution in [0.1, 0.15) is 48.5 Å². The maximum Gasteiger partial charge on any atom is 0.255 e. The van der Waals surface area contributed by atoms with Gasteiger partial charge in [0.15, 0.2) is 11.5 Å². The molecule has 0 aromatic heterocycles.